The van der Waals surface area contributed by atoms with E-state index in [9.17, 15) is 9.90 Å². The van der Waals surface area contributed by atoms with E-state index in [4.69, 9.17) is 0 Å². The van der Waals surface area contributed by atoms with Crippen LogP contribution in [0.15, 0.2) is 18.2 Å². The van der Waals surface area contributed by atoms with Gasteiger partial charge < -0.3 is 10.4 Å². The van der Waals surface area contributed by atoms with Crippen LogP contribution in [-0.2, 0) is 4.79 Å². The topological polar surface area (TPSA) is 49.3 Å². The molecule has 0 aliphatic rings. The van der Waals surface area contributed by atoms with Crippen LogP contribution >= 0.6 is 0 Å². The second-order valence-electron chi connectivity index (χ2n) is 3.18. The first-order valence-corrected chi connectivity index (χ1v) is 4.63. The highest BCUT2D eigenvalue weighted by molar-refractivity contribution is 5.73. The number of carbonyl (C=O) groups is 1. The number of hydrogen-bond donors (Lipinski definition) is 2. The number of phenolic OH excluding ortho intramolecular Hbond substituents is 1. The van der Waals surface area contributed by atoms with Crippen LogP contribution in [0.4, 0.5) is 0 Å². The van der Waals surface area contributed by atoms with E-state index in [0.717, 1.165) is 5.56 Å². The normalized spacial score (nSPS) is 8.93. The van der Waals surface area contributed by atoms with Gasteiger partial charge in [0, 0.05) is 6.92 Å². The molecule has 0 saturated heterocycles. The molecule has 0 atom stereocenters. The zero-order chi connectivity index (χ0) is 11.3. The van der Waals surface area contributed by atoms with Crippen LogP contribution in [0.1, 0.15) is 18.1 Å². The Kier molecular flexibility index (Phi) is 3.75. The number of aryl methyl sites for hydroxylation is 1. The summed E-state index contributed by atoms with van der Waals surface area (Å²) in [4.78, 5) is 10.5. The molecule has 0 unspecified atom stereocenters. The molecule has 1 aromatic rings. The molecule has 0 fully saturated rings. The Morgan fingerprint density at radius 3 is 2.93 bits per heavy atom. The van der Waals surface area contributed by atoms with Crippen LogP contribution in [0, 0.1) is 18.8 Å². The van der Waals surface area contributed by atoms with Gasteiger partial charge in [-0.2, -0.15) is 0 Å². The first-order chi connectivity index (χ1) is 7.11. The van der Waals surface area contributed by atoms with E-state index in [1.165, 1.54) is 6.92 Å². The van der Waals surface area contributed by atoms with Crippen molar-refractivity contribution in [2.75, 3.05) is 6.54 Å². The van der Waals surface area contributed by atoms with E-state index in [0.29, 0.717) is 12.1 Å². The van der Waals surface area contributed by atoms with Crippen molar-refractivity contribution in [3.8, 4) is 17.6 Å². The van der Waals surface area contributed by atoms with Crippen LogP contribution < -0.4 is 5.32 Å². The molecule has 78 valence electrons. The first-order valence-electron chi connectivity index (χ1n) is 4.63. The highest BCUT2D eigenvalue weighted by atomic mass is 16.3. The number of aromatic hydroxyl groups is 1. The molecule has 3 heteroatoms. The molecule has 2 N–H and O–H groups in total. The maximum atomic E-state index is 10.5. The van der Waals surface area contributed by atoms with Crippen molar-refractivity contribution in [1.29, 1.82) is 0 Å². The minimum absolute atomic E-state index is 0.113. The molecule has 1 aromatic carbocycles. The Balaban J connectivity index is 2.72. The van der Waals surface area contributed by atoms with Gasteiger partial charge in [-0.15, -0.1) is 0 Å². The number of para-hydroxylation sites is 1. The van der Waals surface area contributed by atoms with E-state index in [2.05, 4.69) is 17.2 Å². The van der Waals surface area contributed by atoms with Crippen LogP contribution in [-0.4, -0.2) is 17.6 Å². The fourth-order valence-electron chi connectivity index (χ4n) is 1.07. The van der Waals surface area contributed by atoms with E-state index in [1.54, 1.807) is 6.07 Å². The van der Waals surface area contributed by atoms with Gasteiger partial charge in [0.05, 0.1) is 12.1 Å². The third kappa shape index (κ3) is 3.35. The average molecular weight is 203 g/mol. The minimum atomic E-state index is -0.113. The highest BCUT2D eigenvalue weighted by Gasteiger charge is 1.98. The SMILES string of the molecule is CC(=O)NCC#Cc1cccc(C)c1O. The number of rotatable bonds is 1. The molecule has 0 aliphatic heterocycles. The summed E-state index contributed by atoms with van der Waals surface area (Å²) in [6.07, 6.45) is 0. The number of hydrogen-bond acceptors (Lipinski definition) is 2. The van der Waals surface area contributed by atoms with Gasteiger partial charge >= 0.3 is 0 Å². The van der Waals surface area contributed by atoms with Crippen LogP contribution in [0.5, 0.6) is 5.75 Å². The van der Waals surface area contributed by atoms with Gasteiger partial charge in [0.1, 0.15) is 5.75 Å². The van der Waals surface area contributed by atoms with Crippen molar-refractivity contribution in [2.24, 2.45) is 0 Å². The second-order valence-corrected chi connectivity index (χ2v) is 3.18. The monoisotopic (exact) mass is 203 g/mol. The van der Waals surface area contributed by atoms with E-state index >= 15 is 0 Å². The van der Waals surface area contributed by atoms with Gasteiger partial charge in [-0.1, -0.05) is 24.0 Å². The molecular weight excluding hydrogens is 190 g/mol. The predicted octanol–water partition coefficient (Wildman–Crippen LogP) is 1.19. The molecule has 0 spiro atoms. The van der Waals surface area contributed by atoms with Crippen molar-refractivity contribution >= 4 is 5.91 Å². The Bertz CT molecular complexity index is 427. The summed E-state index contributed by atoms with van der Waals surface area (Å²) >= 11 is 0. The van der Waals surface area contributed by atoms with Crippen LogP contribution in [0.25, 0.3) is 0 Å². The van der Waals surface area contributed by atoms with Crippen molar-refractivity contribution in [2.45, 2.75) is 13.8 Å². The zero-order valence-electron chi connectivity index (χ0n) is 8.79. The average Bonchev–Trinajstić information content (AvgIpc) is 2.18. The molecule has 0 bridgehead atoms. The lowest BCUT2D eigenvalue weighted by molar-refractivity contribution is -0.118. The van der Waals surface area contributed by atoms with Gasteiger partial charge in [-0.25, -0.2) is 0 Å². The molecule has 0 heterocycles. The molecule has 1 rings (SSSR count). The molecule has 0 aromatic heterocycles. The summed E-state index contributed by atoms with van der Waals surface area (Å²) < 4.78 is 0. The van der Waals surface area contributed by atoms with E-state index < -0.39 is 0 Å². The van der Waals surface area contributed by atoms with Gasteiger partial charge in [0.25, 0.3) is 0 Å². The zero-order valence-corrected chi connectivity index (χ0v) is 8.79. The van der Waals surface area contributed by atoms with Crippen molar-refractivity contribution in [3.05, 3.63) is 29.3 Å². The Labute approximate surface area is 89.1 Å². The summed E-state index contributed by atoms with van der Waals surface area (Å²) in [5.41, 5.74) is 1.38. The first kappa shape index (κ1) is 11.1. The van der Waals surface area contributed by atoms with Gasteiger partial charge in [0.15, 0.2) is 0 Å². The summed E-state index contributed by atoms with van der Waals surface area (Å²) in [5.74, 6) is 5.64. The maximum absolute atomic E-state index is 10.5. The molecule has 15 heavy (non-hydrogen) atoms. The fourth-order valence-corrected chi connectivity index (χ4v) is 1.07. The quantitative estimate of drug-likeness (QED) is 0.673. The predicted molar refractivity (Wildman–Crippen MR) is 58.4 cm³/mol. The Hall–Kier alpha value is -1.95. The lowest BCUT2D eigenvalue weighted by Crippen LogP contribution is -2.19. The lowest BCUT2D eigenvalue weighted by atomic mass is 10.1. The smallest absolute Gasteiger partial charge is 0.217 e. The van der Waals surface area contributed by atoms with E-state index in [-0.39, 0.29) is 11.7 Å². The van der Waals surface area contributed by atoms with E-state index in [1.807, 2.05) is 19.1 Å². The van der Waals surface area contributed by atoms with Crippen LogP contribution in [0.2, 0.25) is 0 Å². The maximum Gasteiger partial charge on any atom is 0.217 e. The number of amides is 1. The minimum Gasteiger partial charge on any atom is -0.506 e. The van der Waals surface area contributed by atoms with Gasteiger partial charge in [0.2, 0.25) is 5.91 Å². The molecule has 3 nitrogen and oxygen atoms in total. The third-order valence-corrected chi connectivity index (χ3v) is 1.89. The standard InChI is InChI=1S/C12H13NO2/c1-9-5-3-6-11(12(9)15)7-4-8-13-10(2)14/h3,5-6,15H,8H2,1-2H3,(H,13,14). The second kappa shape index (κ2) is 5.06. The highest BCUT2D eigenvalue weighted by Crippen LogP contribution is 2.19. The summed E-state index contributed by atoms with van der Waals surface area (Å²) in [6.45, 7) is 3.54. The molecule has 0 radical (unpaired) electrons. The number of carbonyl (C=O) groups excluding carboxylic acids is 1. The summed E-state index contributed by atoms with van der Waals surface area (Å²) in [6, 6.07) is 5.38. The fraction of sp³-hybridized carbons (Fsp3) is 0.250. The number of benzene rings is 1. The summed E-state index contributed by atoms with van der Waals surface area (Å²) in [5, 5.41) is 12.2. The number of phenols is 1. The van der Waals surface area contributed by atoms with Gasteiger partial charge in [-0.3, -0.25) is 4.79 Å². The largest absolute Gasteiger partial charge is 0.506 e. The Morgan fingerprint density at radius 2 is 2.27 bits per heavy atom. The third-order valence-electron chi connectivity index (χ3n) is 1.89. The number of nitrogens with one attached hydrogen (secondary N) is 1. The van der Waals surface area contributed by atoms with Gasteiger partial charge in [-0.05, 0) is 18.6 Å². The van der Waals surface area contributed by atoms with Crippen molar-refractivity contribution < 1.29 is 9.90 Å². The van der Waals surface area contributed by atoms with Crippen LogP contribution in [0.3, 0.4) is 0 Å². The lowest BCUT2D eigenvalue weighted by Gasteiger charge is -1.99. The molecule has 0 saturated carbocycles. The molecule has 1 amide bonds. The van der Waals surface area contributed by atoms with Crippen molar-refractivity contribution in [3.63, 3.8) is 0 Å². The molecule has 0 aliphatic carbocycles. The molecular formula is C12H13NO2. The Morgan fingerprint density at radius 1 is 1.53 bits per heavy atom. The summed E-state index contributed by atoms with van der Waals surface area (Å²) in [7, 11) is 0. The van der Waals surface area contributed by atoms with Crippen molar-refractivity contribution in [1.82, 2.24) is 5.32 Å².